The molecular weight excluding hydrogens is 456 g/mol. The molecule has 1 aromatic heterocycles. The molecule has 0 spiro atoms. The van der Waals surface area contributed by atoms with E-state index in [1.165, 1.54) is 12.1 Å². The molecule has 180 valence electrons. The molecule has 5 rings (SSSR count). The van der Waals surface area contributed by atoms with Gasteiger partial charge < -0.3 is 9.88 Å². The second kappa shape index (κ2) is 8.34. The Morgan fingerprint density at radius 2 is 1.83 bits per heavy atom. The van der Waals surface area contributed by atoms with Gasteiger partial charge in [0.15, 0.2) is 5.78 Å². The van der Waals surface area contributed by atoms with Crippen molar-refractivity contribution < 1.29 is 22.4 Å². The third-order valence-electron chi connectivity index (χ3n) is 7.02. The SMILES string of the molecule is CCn1c2ccc(C(F)(F)F)cc2c2cc(/C(C)=C3\C(=O)c4ccccc4CC3NC)cc(F)c21. The highest BCUT2D eigenvalue weighted by Gasteiger charge is 2.33. The van der Waals surface area contributed by atoms with Crippen LogP contribution in [0.3, 0.4) is 0 Å². The number of aromatic nitrogens is 1. The zero-order chi connectivity index (χ0) is 25.1. The minimum absolute atomic E-state index is 0.125. The standard InChI is InChI=1S/C28H24F4N2O/c1-4-34-24-10-9-18(28(30,31)32)14-20(24)21-11-17(12-22(29)26(21)34)15(2)25-23(33-3)13-16-7-5-6-8-19(16)27(25)35/h5-12,14,23,33H,4,13H2,1-3H3/b25-15-. The lowest BCUT2D eigenvalue weighted by atomic mass is 9.80. The van der Waals surface area contributed by atoms with Crippen LogP contribution in [0.15, 0.2) is 60.2 Å². The quantitative estimate of drug-likeness (QED) is 0.259. The van der Waals surface area contributed by atoms with E-state index in [1.807, 2.05) is 25.1 Å². The molecule has 7 heteroatoms. The molecule has 3 aromatic carbocycles. The Balaban J connectivity index is 1.78. The van der Waals surface area contributed by atoms with Crippen molar-refractivity contribution in [3.05, 3.63) is 88.2 Å². The molecule has 0 bridgehead atoms. The van der Waals surface area contributed by atoms with E-state index in [0.717, 1.165) is 17.7 Å². The summed E-state index contributed by atoms with van der Waals surface area (Å²) in [6.45, 7) is 4.00. The zero-order valence-corrected chi connectivity index (χ0v) is 19.6. The number of aryl methyl sites for hydroxylation is 1. The number of ketones is 1. The summed E-state index contributed by atoms with van der Waals surface area (Å²) >= 11 is 0. The van der Waals surface area contributed by atoms with Gasteiger partial charge in [-0.3, -0.25) is 4.79 Å². The van der Waals surface area contributed by atoms with Crippen LogP contribution in [0.2, 0.25) is 0 Å². The molecule has 0 aliphatic heterocycles. The number of hydrogen-bond donors (Lipinski definition) is 1. The van der Waals surface area contributed by atoms with Crippen LogP contribution in [0.4, 0.5) is 17.6 Å². The Hall–Kier alpha value is -3.45. The number of likely N-dealkylation sites (N-methyl/N-ethyl adjacent to an activating group) is 1. The predicted octanol–water partition coefficient (Wildman–Crippen LogP) is 6.77. The van der Waals surface area contributed by atoms with E-state index in [9.17, 15) is 18.0 Å². The van der Waals surface area contributed by atoms with Crippen molar-refractivity contribution in [2.24, 2.45) is 0 Å². The molecule has 0 saturated heterocycles. The second-order valence-corrected chi connectivity index (χ2v) is 8.90. The van der Waals surface area contributed by atoms with Gasteiger partial charge in [-0.25, -0.2) is 4.39 Å². The number of hydrogen-bond acceptors (Lipinski definition) is 2. The maximum atomic E-state index is 15.5. The van der Waals surface area contributed by atoms with Crippen LogP contribution in [0.25, 0.3) is 27.4 Å². The Labute approximate surface area is 200 Å². The summed E-state index contributed by atoms with van der Waals surface area (Å²) < 4.78 is 57.6. The molecule has 1 aliphatic carbocycles. The first-order chi connectivity index (χ1) is 16.7. The molecule has 1 unspecified atom stereocenters. The minimum Gasteiger partial charge on any atom is -0.338 e. The van der Waals surface area contributed by atoms with E-state index < -0.39 is 17.6 Å². The summed E-state index contributed by atoms with van der Waals surface area (Å²) in [5.41, 5.74) is 3.20. The molecule has 35 heavy (non-hydrogen) atoms. The van der Waals surface area contributed by atoms with Crippen molar-refractivity contribution in [3.8, 4) is 0 Å². The number of fused-ring (bicyclic) bond motifs is 4. The smallest absolute Gasteiger partial charge is 0.338 e. The van der Waals surface area contributed by atoms with Gasteiger partial charge in [0.25, 0.3) is 0 Å². The summed E-state index contributed by atoms with van der Waals surface area (Å²) in [5, 5.41) is 3.92. The molecule has 1 heterocycles. The van der Waals surface area contributed by atoms with Gasteiger partial charge in [-0.05, 0) is 74.3 Å². The van der Waals surface area contributed by atoms with Crippen LogP contribution in [0, 0.1) is 5.82 Å². The number of Topliss-reactive ketones (excluding diaryl/α,β-unsaturated/α-hetero) is 1. The predicted molar refractivity (Wildman–Crippen MR) is 130 cm³/mol. The van der Waals surface area contributed by atoms with Gasteiger partial charge in [0.2, 0.25) is 0 Å². The maximum absolute atomic E-state index is 15.5. The highest BCUT2D eigenvalue weighted by atomic mass is 19.4. The van der Waals surface area contributed by atoms with Crippen molar-refractivity contribution >= 4 is 33.2 Å². The number of rotatable bonds is 3. The van der Waals surface area contributed by atoms with E-state index >= 15 is 4.39 Å². The molecule has 0 radical (unpaired) electrons. The largest absolute Gasteiger partial charge is 0.416 e. The van der Waals surface area contributed by atoms with E-state index in [2.05, 4.69) is 5.32 Å². The molecule has 1 aliphatic rings. The number of halogens is 4. The third kappa shape index (κ3) is 3.65. The normalized spacial score (nSPS) is 17.8. The first-order valence-corrected chi connectivity index (χ1v) is 11.5. The summed E-state index contributed by atoms with van der Waals surface area (Å²) in [6.07, 6.45) is -3.90. The second-order valence-electron chi connectivity index (χ2n) is 8.90. The number of nitrogens with zero attached hydrogens (tertiary/aromatic N) is 1. The first-order valence-electron chi connectivity index (χ1n) is 11.5. The minimum atomic E-state index is -4.51. The Bertz CT molecular complexity index is 1530. The van der Waals surface area contributed by atoms with Crippen LogP contribution < -0.4 is 5.32 Å². The van der Waals surface area contributed by atoms with Crippen molar-refractivity contribution in [1.29, 1.82) is 0 Å². The van der Waals surface area contributed by atoms with Crippen LogP contribution in [-0.4, -0.2) is 23.4 Å². The Kier molecular flexibility index (Phi) is 5.55. The molecular formula is C28H24F4N2O. The number of alkyl halides is 3. The molecule has 0 fully saturated rings. The molecule has 4 aromatic rings. The number of allylic oxidation sites excluding steroid dienone is 1. The molecule has 1 N–H and O–H groups in total. The van der Waals surface area contributed by atoms with Gasteiger partial charge in [-0.1, -0.05) is 24.3 Å². The topological polar surface area (TPSA) is 34.0 Å². The summed E-state index contributed by atoms with van der Waals surface area (Å²) in [7, 11) is 1.77. The monoisotopic (exact) mass is 480 g/mol. The van der Waals surface area contributed by atoms with E-state index in [-0.39, 0.29) is 17.3 Å². The van der Waals surface area contributed by atoms with Gasteiger partial charge in [0.05, 0.1) is 11.1 Å². The summed E-state index contributed by atoms with van der Waals surface area (Å²) in [4.78, 5) is 13.4. The number of carbonyl (C=O) groups excluding carboxylic acids is 1. The van der Waals surface area contributed by atoms with Crippen LogP contribution in [0.1, 0.15) is 40.9 Å². The third-order valence-corrected chi connectivity index (χ3v) is 7.02. The van der Waals surface area contributed by atoms with Gasteiger partial charge in [-0.2, -0.15) is 13.2 Å². The lowest BCUT2D eigenvalue weighted by Crippen LogP contribution is -2.38. The summed E-state index contributed by atoms with van der Waals surface area (Å²) in [5.74, 6) is -0.659. The highest BCUT2D eigenvalue weighted by Crippen LogP contribution is 2.39. The van der Waals surface area contributed by atoms with Crippen LogP contribution in [0.5, 0.6) is 0 Å². The van der Waals surface area contributed by atoms with E-state index in [1.54, 1.807) is 30.7 Å². The lowest BCUT2D eigenvalue weighted by molar-refractivity contribution is -0.137. The first kappa shape index (κ1) is 23.3. The van der Waals surface area contributed by atoms with Gasteiger partial charge in [0.1, 0.15) is 5.82 Å². The number of carbonyl (C=O) groups is 1. The Morgan fingerprint density at radius 3 is 2.51 bits per heavy atom. The maximum Gasteiger partial charge on any atom is 0.416 e. The van der Waals surface area contributed by atoms with Crippen molar-refractivity contribution in [1.82, 2.24) is 9.88 Å². The summed E-state index contributed by atoms with van der Waals surface area (Å²) in [6, 6.07) is 13.7. The van der Waals surface area contributed by atoms with Crippen molar-refractivity contribution in [2.75, 3.05) is 7.05 Å². The highest BCUT2D eigenvalue weighted by molar-refractivity contribution is 6.16. The number of nitrogens with one attached hydrogen (secondary N) is 1. The fraction of sp³-hybridized carbons (Fsp3) is 0.250. The van der Waals surface area contributed by atoms with Crippen molar-refractivity contribution in [3.63, 3.8) is 0 Å². The van der Waals surface area contributed by atoms with Gasteiger partial charge >= 0.3 is 6.18 Å². The molecule has 1 atom stereocenters. The lowest BCUT2D eigenvalue weighted by Gasteiger charge is -2.28. The Morgan fingerprint density at radius 1 is 1.09 bits per heavy atom. The average Bonchev–Trinajstić information content (AvgIpc) is 3.16. The van der Waals surface area contributed by atoms with E-state index in [0.29, 0.717) is 51.5 Å². The van der Waals surface area contributed by atoms with Crippen molar-refractivity contribution in [2.45, 2.75) is 39.0 Å². The molecule has 0 amide bonds. The number of benzene rings is 3. The zero-order valence-electron chi connectivity index (χ0n) is 19.6. The van der Waals surface area contributed by atoms with Crippen LogP contribution >= 0.6 is 0 Å². The van der Waals surface area contributed by atoms with Crippen LogP contribution in [-0.2, 0) is 19.1 Å². The van der Waals surface area contributed by atoms with E-state index in [4.69, 9.17) is 0 Å². The van der Waals surface area contributed by atoms with Gasteiger partial charge in [-0.15, -0.1) is 0 Å². The molecule has 0 saturated carbocycles. The molecule has 3 nitrogen and oxygen atoms in total. The fourth-order valence-electron chi connectivity index (χ4n) is 5.29. The fourth-order valence-corrected chi connectivity index (χ4v) is 5.29. The average molecular weight is 481 g/mol. The van der Waals surface area contributed by atoms with Gasteiger partial charge in [0, 0.05) is 40.0 Å².